The number of nitrogens with two attached hydrogens (primary N) is 1. The molecule has 0 aliphatic heterocycles. The van der Waals surface area contributed by atoms with Gasteiger partial charge in [-0.25, -0.2) is 0 Å². The van der Waals surface area contributed by atoms with Gasteiger partial charge in [-0.15, -0.1) is 0 Å². The van der Waals surface area contributed by atoms with Crippen LogP contribution in [0.3, 0.4) is 0 Å². The number of hydrogen-bond donors (Lipinski definition) is 1. The summed E-state index contributed by atoms with van der Waals surface area (Å²) in [5.41, 5.74) is 13.9. The highest BCUT2D eigenvalue weighted by Gasteiger charge is 2.17. The summed E-state index contributed by atoms with van der Waals surface area (Å²) < 4.78 is 16.6. The topological polar surface area (TPSA) is 101 Å². The second-order valence-electron chi connectivity index (χ2n) is 11.1. The molecule has 0 aliphatic rings. The van der Waals surface area contributed by atoms with Gasteiger partial charge in [0.25, 0.3) is 0 Å². The van der Waals surface area contributed by atoms with E-state index >= 15 is 0 Å². The zero-order valence-corrected chi connectivity index (χ0v) is 27.6. The Bertz CT molecular complexity index is 1950. The van der Waals surface area contributed by atoms with E-state index < -0.39 is 0 Å². The Labute approximate surface area is 288 Å². The molecule has 6 heteroatoms. The van der Waals surface area contributed by atoms with Crippen molar-refractivity contribution in [2.45, 2.75) is 6.42 Å². The number of ether oxygens (including phenoxy) is 3. The normalized spacial score (nSPS) is 10.5. The van der Waals surface area contributed by atoms with E-state index in [1.807, 2.05) is 103 Å². The van der Waals surface area contributed by atoms with Crippen molar-refractivity contribution in [2.24, 2.45) is 5.73 Å². The van der Waals surface area contributed by atoms with E-state index in [0.717, 1.165) is 68.2 Å². The molecule has 5 rings (SSSR count). The van der Waals surface area contributed by atoms with Crippen LogP contribution in [-0.2, 0) is 0 Å². The Balaban J connectivity index is 1.61. The highest BCUT2D eigenvalue weighted by atomic mass is 16.5. The molecule has 0 unspecified atom stereocenters. The number of benzene rings is 5. The molecule has 0 heterocycles. The molecule has 0 spiro atoms. The fourth-order valence-electron chi connectivity index (χ4n) is 5.44. The summed E-state index contributed by atoms with van der Waals surface area (Å²) in [5, 5.41) is 19.7. The number of methoxy groups -OCH3 is 2. The Morgan fingerprint density at radius 2 is 1.04 bits per heavy atom. The molecule has 0 saturated carbocycles. The minimum atomic E-state index is 0.0294. The third kappa shape index (κ3) is 8.53. The molecule has 0 bridgehead atoms. The molecule has 242 valence electrons. The van der Waals surface area contributed by atoms with Crippen molar-refractivity contribution in [3.05, 3.63) is 172 Å². The first kappa shape index (κ1) is 34.0. The standard InChI is InChI=1S/C43H37N3O3/c1-47-38-22-16-35(17-23-38)43(36-18-24-39(48-2)25-19-36)42(33-7-4-3-5-8-33)34-14-12-32(13-15-34)41(37(29-45)30-46)26-11-31-9-20-40(21-10-31)49-28-6-27-44/h3-5,7-26H,6,27-28,44H2,1-2H3/b26-11+. The van der Waals surface area contributed by atoms with Crippen LogP contribution >= 0.6 is 0 Å². The highest BCUT2D eigenvalue weighted by molar-refractivity contribution is 6.04. The van der Waals surface area contributed by atoms with Gasteiger partial charge in [-0.2, -0.15) is 10.5 Å². The molecular formula is C43H37N3O3. The first-order valence-electron chi connectivity index (χ1n) is 15.9. The lowest BCUT2D eigenvalue weighted by atomic mass is 9.85. The average molecular weight is 644 g/mol. The van der Waals surface area contributed by atoms with Crippen LogP contribution in [0.4, 0.5) is 0 Å². The Morgan fingerprint density at radius 1 is 0.592 bits per heavy atom. The summed E-state index contributed by atoms with van der Waals surface area (Å²) in [4.78, 5) is 0. The lowest BCUT2D eigenvalue weighted by Gasteiger charge is -2.19. The van der Waals surface area contributed by atoms with E-state index in [-0.39, 0.29) is 5.57 Å². The van der Waals surface area contributed by atoms with Gasteiger partial charge in [0.05, 0.1) is 20.8 Å². The van der Waals surface area contributed by atoms with Gasteiger partial charge in [0.1, 0.15) is 35.0 Å². The van der Waals surface area contributed by atoms with Crippen molar-refractivity contribution in [1.29, 1.82) is 10.5 Å². The summed E-state index contributed by atoms with van der Waals surface area (Å²) >= 11 is 0. The van der Waals surface area contributed by atoms with Crippen LogP contribution in [0.15, 0.2) is 139 Å². The van der Waals surface area contributed by atoms with Gasteiger partial charge in [0.15, 0.2) is 0 Å². The van der Waals surface area contributed by atoms with E-state index in [2.05, 4.69) is 48.5 Å². The van der Waals surface area contributed by atoms with Crippen LogP contribution in [0, 0.1) is 22.7 Å². The SMILES string of the molecule is COc1ccc(C(=C(c2ccccc2)c2ccc(C(/C=C/c3ccc(OCCCN)cc3)=C(C#N)C#N)cc2)c2ccc(OC)cc2)cc1. The van der Waals surface area contributed by atoms with E-state index in [1.165, 1.54) is 0 Å². The Hall–Kier alpha value is -6.34. The van der Waals surface area contributed by atoms with Crippen LogP contribution in [0.1, 0.15) is 39.8 Å². The van der Waals surface area contributed by atoms with Gasteiger partial charge in [-0.3, -0.25) is 0 Å². The maximum atomic E-state index is 9.87. The lowest BCUT2D eigenvalue weighted by Crippen LogP contribution is -2.05. The van der Waals surface area contributed by atoms with Crippen molar-refractivity contribution in [3.8, 4) is 29.4 Å². The van der Waals surface area contributed by atoms with E-state index in [0.29, 0.717) is 18.7 Å². The van der Waals surface area contributed by atoms with E-state index in [4.69, 9.17) is 19.9 Å². The number of hydrogen-bond acceptors (Lipinski definition) is 6. The van der Waals surface area contributed by atoms with Gasteiger partial charge in [0, 0.05) is 5.57 Å². The maximum Gasteiger partial charge on any atom is 0.137 e. The number of rotatable bonds is 13. The second-order valence-corrected chi connectivity index (χ2v) is 11.1. The second kappa shape index (κ2) is 17.0. The highest BCUT2D eigenvalue weighted by Crippen LogP contribution is 2.38. The van der Waals surface area contributed by atoms with Crippen LogP contribution < -0.4 is 19.9 Å². The Morgan fingerprint density at radius 3 is 1.51 bits per heavy atom. The van der Waals surface area contributed by atoms with Crippen molar-refractivity contribution in [1.82, 2.24) is 0 Å². The van der Waals surface area contributed by atoms with Crippen molar-refractivity contribution in [2.75, 3.05) is 27.4 Å². The fourth-order valence-corrected chi connectivity index (χ4v) is 5.44. The third-order valence-electron chi connectivity index (χ3n) is 7.99. The molecule has 0 radical (unpaired) electrons. The zero-order valence-electron chi connectivity index (χ0n) is 27.6. The van der Waals surface area contributed by atoms with Gasteiger partial charge >= 0.3 is 0 Å². The summed E-state index contributed by atoms with van der Waals surface area (Å²) in [7, 11) is 3.31. The predicted molar refractivity (Wildman–Crippen MR) is 197 cm³/mol. The number of nitrogens with zero attached hydrogens (tertiary/aromatic N) is 2. The van der Waals surface area contributed by atoms with E-state index in [9.17, 15) is 10.5 Å². The molecule has 0 aliphatic carbocycles. The molecule has 0 aromatic heterocycles. The fraction of sp³-hybridized carbons (Fsp3) is 0.116. The third-order valence-corrected chi connectivity index (χ3v) is 7.99. The molecule has 0 fully saturated rings. The molecule has 5 aromatic rings. The molecule has 0 saturated heterocycles. The first-order chi connectivity index (χ1) is 24.1. The van der Waals surface area contributed by atoms with Crippen molar-refractivity contribution < 1.29 is 14.2 Å². The van der Waals surface area contributed by atoms with Gasteiger partial charge < -0.3 is 19.9 Å². The molecular weight excluding hydrogens is 606 g/mol. The minimum Gasteiger partial charge on any atom is -0.497 e. The minimum absolute atomic E-state index is 0.0294. The first-order valence-corrected chi connectivity index (χ1v) is 15.9. The molecule has 2 N–H and O–H groups in total. The molecule has 5 aromatic carbocycles. The average Bonchev–Trinajstić information content (AvgIpc) is 3.17. The maximum absolute atomic E-state index is 9.87. The summed E-state index contributed by atoms with van der Waals surface area (Å²) in [6, 6.07) is 46.1. The van der Waals surface area contributed by atoms with Crippen molar-refractivity contribution >= 4 is 22.8 Å². The summed E-state index contributed by atoms with van der Waals surface area (Å²) in [5.74, 6) is 2.31. The largest absolute Gasteiger partial charge is 0.497 e. The monoisotopic (exact) mass is 643 g/mol. The van der Waals surface area contributed by atoms with Crippen LogP contribution in [0.5, 0.6) is 17.2 Å². The number of nitriles is 2. The molecule has 0 amide bonds. The van der Waals surface area contributed by atoms with Crippen LogP contribution in [0.2, 0.25) is 0 Å². The van der Waals surface area contributed by atoms with Gasteiger partial charge in [-0.1, -0.05) is 103 Å². The number of allylic oxidation sites excluding steroid dienone is 3. The molecule has 49 heavy (non-hydrogen) atoms. The molecule has 6 nitrogen and oxygen atoms in total. The van der Waals surface area contributed by atoms with E-state index in [1.54, 1.807) is 14.2 Å². The quantitative estimate of drug-likeness (QED) is 0.0595. The van der Waals surface area contributed by atoms with Crippen LogP contribution in [-0.4, -0.2) is 27.4 Å². The van der Waals surface area contributed by atoms with Crippen LogP contribution in [0.25, 0.3) is 22.8 Å². The van der Waals surface area contributed by atoms with Gasteiger partial charge in [0.2, 0.25) is 0 Å². The lowest BCUT2D eigenvalue weighted by molar-refractivity contribution is 0.313. The zero-order chi connectivity index (χ0) is 34.4. The predicted octanol–water partition coefficient (Wildman–Crippen LogP) is 8.95. The molecule has 0 atom stereocenters. The van der Waals surface area contributed by atoms with Gasteiger partial charge in [-0.05, 0) is 93.9 Å². The van der Waals surface area contributed by atoms with Crippen molar-refractivity contribution in [3.63, 3.8) is 0 Å². The smallest absolute Gasteiger partial charge is 0.137 e. The summed E-state index contributed by atoms with van der Waals surface area (Å²) in [6.07, 6.45) is 4.49. The summed E-state index contributed by atoms with van der Waals surface area (Å²) in [6.45, 7) is 1.14. The Kier molecular flexibility index (Phi) is 11.8.